The summed E-state index contributed by atoms with van der Waals surface area (Å²) < 4.78 is 544. The fourth-order valence-corrected chi connectivity index (χ4v) is 11.3. The molecule has 4 rings (SSSR count). The molecule has 0 amide bonds. The van der Waals surface area contributed by atoms with Crippen LogP contribution >= 0.6 is 7.05 Å². The van der Waals surface area contributed by atoms with Gasteiger partial charge in [-0.2, -0.15) is 171 Å². The number of carboxylic acid groups (broad SMARTS) is 1. The number of carboxylic acids is 1. The number of carbonyl (C=O) groups is 1. The van der Waals surface area contributed by atoms with Crippen molar-refractivity contribution in [3.05, 3.63) is 119 Å². The number of hydrogen-bond donors (Lipinski definition) is 1. The second-order valence-corrected chi connectivity index (χ2v) is 22.6. The Balaban J connectivity index is 1.96. The van der Waals surface area contributed by atoms with E-state index in [4.69, 9.17) is 0 Å². The number of aromatic carboxylic acids is 1. The van der Waals surface area contributed by atoms with Crippen LogP contribution in [0.5, 0.6) is 0 Å². The molecule has 0 spiro atoms. The topological polar surface area (TPSA) is 49.7 Å². The zero-order chi connectivity index (χ0) is 72.0. The lowest BCUT2D eigenvalue weighted by molar-refractivity contribution is -0.440. The van der Waals surface area contributed by atoms with Gasteiger partial charge >= 0.3 is 113 Å². The average molecular weight is 1440 g/mol. The van der Waals surface area contributed by atoms with Gasteiger partial charge in [0.15, 0.2) is 0 Å². The molecule has 3 nitrogen and oxygen atoms in total. The van der Waals surface area contributed by atoms with Crippen LogP contribution in [0, 0.1) is 0 Å². The number of alkyl halides is 39. The summed E-state index contributed by atoms with van der Waals surface area (Å²) in [5.74, 6) is -119. The highest BCUT2D eigenvalue weighted by Crippen LogP contribution is 2.64. The fourth-order valence-electron chi connectivity index (χ4n) is 7.88. The van der Waals surface area contributed by atoms with E-state index in [0.29, 0.717) is 72.8 Å². The highest BCUT2D eigenvalue weighted by atomic mass is 31.2. The van der Waals surface area contributed by atoms with Gasteiger partial charge in [-0.05, 0) is 60.2 Å². The highest BCUT2D eigenvalue weighted by molar-refractivity contribution is 7.87. The van der Waals surface area contributed by atoms with Gasteiger partial charge < -0.3 is 5.11 Å². The van der Waals surface area contributed by atoms with Gasteiger partial charge in [-0.15, -0.1) is 0 Å². The fraction of sp³-hybridized carbons (Fsp3) is 0.490. The lowest BCUT2D eigenvalue weighted by atomic mass is 9.91. The van der Waals surface area contributed by atoms with Crippen LogP contribution in [0.15, 0.2) is 102 Å². The third-order valence-electron chi connectivity index (χ3n) is 13.5. The number of benzene rings is 4. The Morgan fingerprint density at radius 3 is 0.663 bits per heavy atom. The molecule has 0 radical (unpaired) electrons. The van der Waals surface area contributed by atoms with Crippen molar-refractivity contribution in [1.82, 2.24) is 0 Å². The molecule has 4 aromatic rings. The van der Waals surface area contributed by atoms with Gasteiger partial charge in [0.05, 0.1) is 18.3 Å². The van der Waals surface area contributed by atoms with Crippen molar-refractivity contribution in [2.45, 2.75) is 146 Å². The van der Waals surface area contributed by atoms with Crippen LogP contribution in [0.25, 0.3) is 0 Å². The molecule has 0 saturated heterocycles. The van der Waals surface area contributed by atoms with E-state index in [-0.39, 0.29) is 0 Å². The van der Waals surface area contributed by atoms with Crippen LogP contribution in [0.4, 0.5) is 177 Å². The molecule has 0 aliphatic carbocycles. The van der Waals surface area contributed by atoms with Crippen molar-refractivity contribution in [2.24, 2.45) is 4.74 Å². The minimum absolute atomic E-state index is 0.451. The molecule has 0 bridgehead atoms. The summed E-state index contributed by atoms with van der Waals surface area (Å²) in [4.78, 5) is 11.7. The third kappa shape index (κ3) is 12.6. The van der Waals surface area contributed by atoms with Crippen LogP contribution in [0.1, 0.15) is 46.3 Å². The number of hydrogen-bond acceptors (Lipinski definition) is 2. The van der Waals surface area contributed by atoms with Gasteiger partial charge in [0, 0.05) is 35.2 Å². The van der Waals surface area contributed by atoms with Crippen molar-refractivity contribution >= 4 is 34.6 Å². The summed E-state index contributed by atoms with van der Waals surface area (Å²) in [6, 6.07) is 9.24. The van der Waals surface area contributed by atoms with Crippen LogP contribution < -0.4 is 15.9 Å². The molecular formula is C49H29F39NO2P. The lowest BCUT2D eigenvalue weighted by Gasteiger charge is -2.39. The van der Waals surface area contributed by atoms with Crippen LogP contribution in [0.2, 0.25) is 0 Å². The minimum atomic E-state index is -8.33. The van der Waals surface area contributed by atoms with Crippen molar-refractivity contribution in [2.75, 3.05) is 0 Å². The summed E-state index contributed by atoms with van der Waals surface area (Å²) >= 11 is 0. The van der Waals surface area contributed by atoms with Crippen LogP contribution in [-0.2, 0) is 19.3 Å². The van der Waals surface area contributed by atoms with E-state index in [2.05, 4.69) is 4.74 Å². The SMILES string of the molecule is O=C(O)c1ccc(N=P(c2ccc(CCC(F)(F)C(F)(F)C(F)(F)C(F)(F)C(F)(F)C(F)(F)F)cc2)(c2ccc(CCC(F)(F)C(F)(F)C(F)(F)C(F)(F)C(F)(F)C(F)(F)F)cc2)c2ccc(CCC(F)(F)C(F)(F)C(F)(F)C(F)(F)C(F)(F)C(F)(F)F)cc2)cc1. The summed E-state index contributed by atoms with van der Waals surface area (Å²) in [6.07, 6.45) is -37.5. The smallest absolute Gasteiger partial charge is 0.460 e. The summed E-state index contributed by atoms with van der Waals surface area (Å²) in [6.45, 7) is 0. The first-order chi connectivity index (χ1) is 40.7. The Labute approximate surface area is 485 Å². The second-order valence-electron chi connectivity index (χ2n) is 19.6. The Morgan fingerprint density at radius 1 is 0.283 bits per heavy atom. The summed E-state index contributed by atoms with van der Waals surface area (Å²) in [7, 11) is -4.68. The summed E-state index contributed by atoms with van der Waals surface area (Å²) in [5, 5.41) is 7.67. The zero-order valence-electron chi connectivity index (χ0n) is 43.5. The predicted molar refractivity (Wildman–Crippen MR) is 238 cm³/mol. The van der Waals surface area contributed by atoms with Gasteiger partial charge in [-0.3, -0.25) is 4.74 Å². The molecule has 0 aliphatic rings. The number of aryl methyl sites for hydroxylation is 3. The maximum atomic E-state index is 14.9. The molecule has 0 unspecified atom stereocenters. The largest absolute Gasteiger partial charge is 0.478 e. The van der Waals surface area contributed by atoms with Gasteiger partial charge in [0.25, 0.3) is 0 Å². The van der Waals surface area contributed by atoms with Gasteiger partial charge in [-0.1, -0.05) is 72.8 Å². The maximum absolute atomic E-state index is 14.9. The van der Waals surface area contributed by atoms with Gasteiger partial charge in [-0.25, -0.2) is 4.79 Å². The maximum Gasteiger partial charge on any atom is 0.460 e. The zero-order valence-corrected chi connectivity index (χ0v) is 44.4. The van der Waals surface area contributed by atoms with E-state index in [1.54, 1.807) is 0 Å². The van der Waals surface area contributed by atoms with Gasteiger partial charge in [0.2, 0.25) is 0 Å². The Morgan fingerprint density at radius 2 is 0.478 bits per heavy atom. The van der Waals surface area contributed by atoms with E-state index >= 15 is 0 Å². The first-order valence-electron chi connectivity index (χ1n) is 23.8. The van der Waals surface area contributed by atoms with E-state index in [0.717, 1.165) is 24.3 Å². The highest BCUT2D eigenvalue weighted by Gasteiger charge is 2.93. The monoisotopic (exact) mass is 1440 g/mol. The van der Waals surface area contributed by atoms with Crippen molar-refractivity contribution in [3.63, 3.8) is 0 Å². The molecule has 1 N–H and O–H groups in total. The van der Waals surface area contributed by atoms with E-state index in [1.807, 2.05) is 0 Å². The first-order valence-corrected chi connectivity index (χ1v) is 25.5. The molecule has 0 saturated carbocycles. The first kappa shape index (κ1) is 78.3. The molecule has 0 aromatic heterocycles. The number of halogens is 39. The molecule has 4 aromatic carbocycles. The number of rotatable bonds is 26. The molecule has 0 atom stereocenters. The van der Waals surface area contributed by atoms with Gasteiger partial charge in [0.1, 0.15) is 0 Å². The lowest BCUT2D eigenvalue weighted by Crippen LogP contribution is -2.70. The van der Waals surface area contributed by atoms with Crippen LogP contribution in [-0.4, -0.2) is 118 Å². The van der Waals surface area contributed by atoms with E-state index in [9.17, 15) is 181 Å². The Bertz CT molecular complexity index is 2990. The van der Waals surface area contributed by atoms with E-state index < -0.39 is 203 Å². The molecule has 0 fully saturated rings. The standard InChI is InChI=1S/C49H29F39NO2P/c50-32(51,35(56,57)38(62,63)41(68,69)44(74,75)47(80,81)82)20-17-23-1-11-28(12-2-23)92(89-27-9-7-26(8-10-27)31(90)91,29-13-3-24(4-14-29)18-21-33(52,53)36(58,59)39(64,65)42(70,71)45(76,77)48(83,84)85)30-15-5-25(6-16-30)19-22-34(54,55)37(60,61)40(66,67)43(72,73)46(78,79)49(86,87)88/h1-16H,17-22H2,(H,90,91). The molecule has 92 heavy (non-hydrogen) atoms. The Kier molecular flexibility index (Phi) is 20.4. The normalized spacial score (nSPS) is 15.2. The molecule has 43 heteroatoms. The molecule has 0 heterocycles. The minimum Gasteiger partial charge on any atom is -0.478 e. The predicted octanol–water partition coefficient (Wildman–Crippen LogP) is 19.2. The van der Waals surface area contributed by atoms with Crippen molar-refractivity contribution < 1.29 is 181 Å². The number of nitrogens with zero attached hydrogens (tertiary/aromatic N) is 1. The second kappa shape index (κ2) is 23.9. The molecular weight excluding hydrogens is 1410 g/mol. The summed E-state index contributed by atoms with van der Waals surface area (Å²) in [5.41, 5.74) is -3.86. The van der Waals surface area contributed by atoms with Crippen molar-refractivity contribution in [3.8, 4) is 0 Å². The average Bonchev–Trinajstić information content (AvgIpc) is 0.729. The third-order valence-corrected chi connectivity index (χ3v) is 17.2. The quantitative estimate of drug-likeness (QED) is 0.0503. The van der Waals surface area contributed by atoms with Crippen molar-refractivity contribution in [1.29, 1.82) is 0 Å². The molecule has 0 aliphatic heterocycles. The Hall–Kier alpha value is -6.15. The molecule has 520 valence electrons. The van der Waals surface area contributed by atoms with E-state index in [1.165, 1.54) is 0 Å². The van der Waals surface area contributed by atoms with Crippen LogP contribution in [0.3, 0.4) is 0 Å².